The molecule has 0 spiro atoms. The van der Waals surface area contributed by atoms with Crippen molar-refractivity contribution in [3.05, 3.63) is 71.3 Å². The number of rotatable bonds is 6. The Hall–Kier alpha value is -2.27. The molecule has 1 aliphatic rings. The molecule has 1 amide bonds. The molecule has 0 radical (unpaired) electrons. The summed E-state index contributed by atoms with van der Waals surface area (Å²) in [7, 11) is 0. The summed E-state index contributed by atoms with van der Waals surface area (Å²) in [5, 5.41) is 2.95. The minimum absolute atomic E-state index is 0.00876. The fourth-order valence-electron chi connectivity index (χ4n) is 3.14. The van der Waals surface area contributed by atoms with Crippen molar-refractivity contribution in [2.45, 2.75) is 18.8 Å². The minimum Gasteiger partial charge on any atom is -0.381 e. The van der Waals surface area contributed by atoms with Gasteiger partial charge in [0.25, 0.3) is 0 Å². The predicted molar refractivity (Wildman–Crippen MR) is 91.2 cm³/mol. The number of carbonyl (C=O) groups is 1. The summed E-state index contributed by atoms with van der Waals surface area (Å²) < 4.78 is 31.7. The summed E-state index contributed by atoms with van der Waals surface area (Å²) in [5.41, 5.74) is 1.87. The molecule has 1 unspecified atom stereocenters. The smallest absolute Gasteiger partial charge is 0.225 e. The number of carbonyl (C=O) groups excluding carboxylic acids is 1. The van der Waals surface area contributed by atoms with Crippen LogP contribution in [0.3, 0.4) is 0 Å². The van der Waals surface area contributed by atoms with Crippen LogP contribution in [0, 0.1) is 17.6 Å². The van der Waals surface area contributed by atoms with Crippen LogP contribution in [-0.4, -0.2) is 25.7 Å². The lowest BCUT2D eigenvalue weighted by Crippen LogP contribution is -2.32. The van der Waals surface area contributed by atoms with Crippen LogP contribution in [0.25, 0.3) is 0 Å². The molecule has 1 N–H and O–H groups in total. The lowest BCUT2D eigenvalue weighted by atomic mass is 9.88. The second kappa shape index (κ2) is 8.21. The van der Waals surface area contributed by atoms with E-state index in [1.807, 2.05) is 0 Å². The zero-order valence-electron chi connectivity index (χ0n) is 13.9. The monoisotopic (exact) mass is 345 g/mol. The average Bonchev–Trinajstić information content (AvgIpc) is 3.15. The maximum Gasteiger partial charge on any atom is 0.225 e. The molecule has 132 valence electrons. The van der Waals surface area contributed by atoms with Crippen molar-refractivity contribution in [1.29, 1.82) is 0 Å². The highest BCUT2D eigenvalue weighted by atomic mass is 19.1. The Morgan fingerprint density at radius 3 is 2.08 bits per heavy atom. The van der Waals surface area contributed by atoms with Crippen LogP contribution in [0.5, 0.6) is 0 Å². The van der Waals surface area contributed by atoms with Crippen LogP contribution >= 0.6 is 0 Å². The largest absolute Gasteiger partial charge is 0.381 e. The third-order valence-electron chi connectivity index (χ3n) is 4.58. The maximum absolute atomic E-state index is 13.2. The number of ether oxygens (including phenoxy) is 1. The Morgan fingerprint density at radius 2 is 1.60 bits per heavy atom. The quantitative estimate of drug-likeness (QED) is 0.868. The van der Waals surface area contributed by atoms with Crippen LogP contribution in [0.4, 0.5) is 8.78 Å². The number of halogens is 2. The molecule has 1 saturated heterocycles. The highest BCUT2D eigenvalue weighted by Gasteiger charge is 2.23. The van der Waals surface area contributed by atoms with Crippen LogP contribution in [0.15, 0.2) is 48.5 Å². The van der Waals surface area contributed by atoms with Gasteiger partial charge in [-0.1, -0.05) is 24.3 Å². The van der Waals surface area contributed by atoms with Crippen molar-refractivity contribution < 1.29 is 18.3 Å². The van der Waals surface area contributed by atoms with E-state index in [1.54, 1.807) is 24.3 Å². The van der Waals surface area contributed by atoms with Gasteiger partial charge in [0.15, 0.2) is 0 Å². The third-order valence-corrected chi connectivity index (χ3v) is 4.58. The zero-order valence-corrected chi connectivity index (χ0v) is 13.9. The molecule has 1 aliphatic heterocycles. The molecular formula is C20H21F2NO2. The van der Waals surface area contributed by atoms with Gasteiger partial charge in [-0.25, -0.2) is 8.78 Å². The first kappa shape index (κ1) is 17.5. The van der Waals surface area contributed by atoms with Gasteiger partial charge >= 0.3 is 0 Å². The molecular weight excluding hydrogens is 324 g/mol. The first-order valence-electron chi connectivity index (χ1n) is 8.50. The summed E-state index contributed by atoms with van der Waals surface area (Å²) in [6, 6.07) is 12.6. The molecule has 0 aliphatic carbocycles. The van der Waals surface area contributed by atoms with Gasteiger partial charge in [-0.2, -0.15) is 0 Å². The van der Waals surface area contributed by atoms with E-state index in [-0.39, 0.29) is 29.4 Å². The van der Waals surface area contributed by atoms with Crippen LogP contribution < -0.4 is 5.32 Å². The van der Waals surface area contributed by atoms with Crippen molar-refractivity contribution in [2.75, 3.05) is 19.8 Å². The topological polar surface area (TPSA) is 38.3 Å². The Kier molecular flexibility index (Phi) is 5.76. The molecule has 1 atom stereocenters. The van der Waals surface area contributed by atoms with E-state index < -0.39 is 0 Å². The molecule has 2 aromatic carbocycles. The van der Waals surface area contributed by atoms with Crippen LogP contribution in [-0.2, 0) is 9.53 Å². The van der Waals surface area contributed by atoms with Gasteiger partial charge in [0, 0.05) is 19.1 Å². The second-order valence-corrected chi connectivity index (χ2v) is 6.30. The van der Waals surface area contributed by atoms with Crippen molar-refractivity contribution in [2.24, 2.45) is 5.92 Å². The van der Waals surface area contributed by atoms with Gasteiger partial charge in [-0.05, 0) is 48.2 Å². The van der Waals surface area contributed by atoms with Gasteiger partial charge in [0.1, 0.15) is 11.6 Å². The van der Waals surface area contributed by atoms with Gasteiger partial charge in [0.2, 0.25) is 5.91 Å². The minimum atomic E-state index is -0.295. The highest BCUT2D eigenvalue weighted by molar-refractivity contribution is 5.78. The van der Waals surface area contributed by atoms with E-state index >= 15 is 0 Å². The lowest BCUT2D eigenvalue weighted by Gasteiger charge is -2.19. The molecule has 0 aromatic heterocycles. The van der Waals surface area contributed by atoms with Gasteiger partial charge in [-0.15, -0.1) is 0 Å². The van der Waals surface area contributed by atoms with Crippen molar-refractivity contribution in [3.8, 4) is 0 Å². The number of hydrogen-bond donors (Lipinski definition) is 1. The zero-order chi connectivity index (χ0) is 17.6. The van der Waals surface area contributed by atoms with Gasteiger partial charge < -0.3 is 10.1 Å². The van der Waals surface area contributed by atoms with Crippen molar-refractivity contribution >= 4 is 5.91 Å². The standard InChI is InChI=1S/C20H21F2NO2/c21-17-5-1-14(2-6-17)19(15-3-7-18(22)8-4-15)9-11-23-20(24)16-10-12-25-13-16/h1-8,16,19H,9-13H2,(H,23,24). The van der Waals surface area contributed by atoms with E-state index in [1.165, 1.54) is 24.3 Å². The fourth-order valence-corrected chi connectivity index (χ4v) is 3.14. The lowest BCUT2D eigenvalue weighted by molar-refractivity contribution is -0.124. The third kappa shape index (κ3) is 4.63. The molecule has 3 nitrogen and oxygen atoms in total. The Labute approximate surface area is 146 Å². The van der Waals surface area contributed by atoms with Gasteiger partial charge in [0.05, 0.1) is 12.5 Å². The van der Waals surface area contributed by atoms with Crippen molar-refractivity contribution in [3.63, 3.8) is 0 Å². The van der Waals surface area contributed by atoms with E-state index in [4.69, 9.17) is 4.74 Å². The molecule has 0 saturated carbocycles. The molecule has 1 fully saturated rings. The summed E-state index contributed by atoms with van der Waals surface area (Å²) >= 11 is 0. The molecule has 25 heavy (non-hydrogen) atoms. The van der Waals surface area contributed by atoms with Crippen molar-refractivity contribution in [1.82, 2.24) is 5.32 Å². The fraction of sp³-hybridized carbons (Fsp3) is 0.350. The van der Waals surface area contributed by atoms with E-state index in [0.29, 0.717) is 26.2 Å². The Morgan fingerprint density at radius 1 is 1.04 bits per heavy atom. The van der Waals surface area contributed by atoms with E-state index in [2.05, 4.69) is 5.32 Å². The Bertz CT molecular complexity index is 649. The summed E-state index contributed by atoms with van der Waals surface area (Å²) in [4.78, 5) is 12.1. The van der Waals surface area contributed by atoms with Crippen LogP contribution in [0.2, 0.25) is 0 Å². The van der Waals surface area contributed by atoms with E-state index in [9.17, 15) is 13.6 Å². The number of benzene rings is 2. The molecule has 5 heteroatoms. The normalized spacial score (nSPS) is 17.0. The van der Waals surface area contributed by atoms with Crippen LogP contribution in [0.1, 0.15) is 29.9 Å². The number of hydrogen-bond acceptors (Lipinski definition) is 2. The molecule has 2 aromatic rings. The SMILES string of the molecule is O=C(NCCC(c1ccc(F)cc1)c1ccc(F)cc1)C1CCOC1. The van der Waals surface area contributed by atoms with Gasteiger partial charge in [-0.3, -0.25) is 4.79 Å². The summed E-state index contributed by atoms with van der Waals surface area (Å²) in [6.45, 7) is 1.60. The highest BCUT2D eigenvalue weighted by Crippen LogP contribution is 2.28. The molecule has 1 heterocycles. The second-order valence-electron chi connectivity index (χ2n) is 6.30. The average molecular weight is 345 g/mol. The summed E-state index contributed by atoms with van der Waals surface area (Å²) in [6.07, 6.45) is 1.40. The Balaban J connectivity index is 1.68. The molecule has 0 bridgehead atoms. The molecule has 3 rings (SSSR count). The number of nitrogens with one attached hydrogen (secondary N) is 1. The van der Waals surface area contributed by atoms with E-state index in [0.717, 1.165) is 17.5 Å². The maximum atomic E-state index is 13.2. The predicted octanol–water partition coefficient (Wildman–Crippen LogP) is 3.64. The first-order chi connectivity index (χ1) is 12.1. The summed E-state index contributed by atoms with van der Waals surface area (Å²) in [5.74, 6) is -0.696. The first-order valence-corrected chi connectivity index (χ1v) is 8.50. The number of amides is 1.